The third-order valence-corrected chi connectivity index (χ3v) is 3.61. The number of rotatable bonds is 3. The minimum Gasteiger partial charge on any atom is -0.464 e. The second kappa shape index (κ2) is 5.63. The lowest BCUT2D eigenvalue weighted by atomic mass is 10.1. The Bertz CT molecular complexity index is 601. The van der Waals surface area contributed by atoms with Gasteiger partial charge in [0.2, 0.25) is 0 Å². The van der Waals surface area contributed by atoms with Crippen molar-refractivity contribution in [2.24, 2.45) is 0 Å². The van der Waals surface area contributed by atoms with Crippen LogP contribution in [-0.2, 0) is 0 Å². The fraction of sp³-hybridized carbons (Fsp3) is 0.467. The van der Waals surface area contributed by atoms with Crippen molar-refractivity contribution in [2.45, 2.75) is 19.9 Å². The standard InChI is InChI=1S/C15H20N4O/c1-3-20-15-17-13-7-5-4-6-12(13)14(18-15)19-9-8-16-10-11(19)2/h4-7,11,16H,3,8-10H2,1-2H3. The van der Waals surface area contributed by atoms with Crippen LogP contribution in [0.15, 0.2) is 24.3 Å². The summed E-state index contributed by atoms with van der Waals surface area (Å²) in [5.74, 6) is 0.980. The van der Waals surface area contributed by atoms with Gasteiger partial charge in [0.25, 0.3) is 0 Å². The van der Waals surface area contributed by atoms with Crippen LogP contribution in [0.5, 0.6) is 6.01 Å². The molecular weight excluding hydrogens is 252 g/mol. The number of nitrogens with one attached hydrogen (secondary N) is 1. The van der Waals surface area contributed by atoms with E-state index in [2.05, 4.69) is 33.2 Å². The van der Waals surface area contributed by atoms with Gasteiger partial charge < -0.3 is 15.0 Å². The van der Waals surface area contributed by atoms with Crippen molar-refractivity contribution >= 4 is 16.7 Å². The fourth-order valence-corrected chi connectivity index (χ4v) is 2.61. The fourth-order valence-electron chi connectivity index (χ4n) is 2.61. The van der Waals surface area contributed by atoms with Gasteiger partial charge in [-0.05, 0) is 26.0 Å². The van der Waals surface area contributed by atoms with Gasteiger partial charge in [-0.25, -0.2) is 0 Å². The number of benzene rings is 1. The molecule has 5 nitrogen and oxygen atoms in total. The van der Waals surface area contributed by atoms with Gasteiger partial charge in [-0.3, -0.25) is 0 Å². The molecule has 0 spiro atoms. The zero-order valence-corrected chi connectivity index (χ0v) is 12.0. The summed E-state index contributed by atoms with van der Waals surface area (Å²) < 4.78 is 5.52. The number of aromatic nitrogens is 2. The minimum atomic E-state index is 0.413. The van der Waals surface area contributed by atoms with Crippen LogP contribution in [-0.4, -0.2) is 42.3 Å². The van der Waals surface area contributed by atoms with Gasteiger partial charge >= 0.3 is 6.01 Å². The average molecular weight is 272 g/mol. The maximum atomic E-state index is 5.52. The molecule has 1 aromatic heterocycles. The zero-order chi connectivity index (χ0) is 13.9. The van der Waals surface area contributed by atoms with Gasteiger partial charge in [0.05, 0.1) is 12.1 Å². The second-order valence-corrected chi connectivity index (χ2v) is 5.03. The number of piperazine rings is 1. The van der Waals surface area contributed by atoms with E-state index in [1.54, 1.807) is 0 Å². The third-order valence-electron chi connectivity index (χ3n) is 3.61. The van der Waals surface area contributed by atoms with Crippen molar-refractivity contribution < 1.29 is 4.74 Å². The van der Waals surface area contributed by atoms with Gasteiger partial charge in [-0.2, -0.15) is 9.97 Å². The molecule has 0 amide bonds. The first-order valence-corrected chi connectivity index (χ1v) is 7.16. The van der Waals surface area contributed by atoms with Gasteiger partial charge in [-0.1, -0.05) is 12.1 Å². The highest BCUT2D eigenvalue weighted by Crippen LogP contribution is 2.27. The molecule has 1 saturated heterocycles. The van der Waals surface area contributed by atoms with Crippen LogP contribution in [0.25, 0.3) is 10.9 Å². The monoisotopic (exact) mass is 272 g/mol. The Hall–Kier alpha value is -1.88. The van der Waals surface area contributed by atoms with E-state index in [1.807, 2.05) is 25.1 Å². The highest BCUT2D eigenvalue weighted by Gasteiger charge is 2.22. The summed E-state index contributed by atoms with van der Waals surface area (Å²) in [6.45, 7) is 7.65. The number of anilines is 1. The Labute approximate surface area is 119 Å². The number of ether oxygens (including phenoxy) is 1. The van der Waals surface area contributed by atoms with Gasteiger partial charge in [-0.15, -0.1) is 0 Å². The van der Waals surface area contributed by atoms with Gasteiger partial charge in [0.1, 0.15) is 5.82 Å². The van der Waals surface area contributed by atoms with Crippen LogP contribution < -0.4 is 15.0 Å². The molecule has 20 heavy (non-hydrogen) atoms. The van der Waals surface area contributed by atoms with Crippen molar-refractivity contribution in [1.29, 1.82) is 0 Å². The molecule has 2 aromatic rings. The number of hydrogen-bond acceptors (Lipinski definition) is 5. The first-order chi connectivity index (χ1) is 9.79. The van der Waals surface area contributed by atoms with Gasteiger partial charge in [0.15, 0.2) is 0 Å². The lowest BCUT2D eigenvalue weighted by molar-refractivity contribution is 0.313. The number of hydrogen-bond donors (Lipinski definition) is 1. The van der Waals surface area contributed by atoms with Crippen molar-refractivity contribution in [1.82, 2.24) is 15.3 Å². The second-order valence-electron chi connectivity index (χ2n) is 5.03. The molecule has 0 aliphatic carbocycles. The van der Waals surface area contributed by atoms with Crippen molar-refractivity contribution in [2.75, 3.05) is 31.1 Å². The quantitative estimate of drug-likeness (QED) is 0.923. The van der Waals surface area contributed by atoms with Crippen molar-refractivity contribution in [3.05, 3.63) is 24.3 Å². The number of para-hydroxylation sites is 1. The van der Waals surface area contributed by atoms with Gasteiger partial charge in [0, 0.05) is 31.1 Å². The van der Waals surface area contributed by atoms with Crippen LogP contribution in [0.3, 0.4) is 0 Å². The molecule has 1 aliphatic heterocycles. The highest BCUT2D eigenvalue weighted by molar-refractivity contribution is 5.90. The molecule has 1 aromatic carbocycles. The summed E-state index contributed by atoms with van der Waals surface area (Å²) in [6.07, 6.45) is 0. The number of fused-ring (bicyclic) bond motifs is 1. The number of nitrogens with zero attached hydrogens (tertiary/aromatic N) is 3. The Morgan fingerprint density at radius 2 is 2.20 bits per heavy atom. The van der Waals surface area contributed by atoms with E-state index in [0.717, 1.165) is 36.4 Å². The normalized spacial score (nSPS) is 19.3. The zero-order valence-electron chi connectivity index (χ0n) is 12.0. The summed E-state index contributed by atoms with van der Waals surface area (Å²) in [7, 11) is 0. The van der Waals surface area contributed by atoms with E-state index in [1.165, 1.54) is 0 Å². The topological polar surface area (TPSA) is 50.3 Å². The summed E-state index contributed by atoms with van der Waals surface area (Å²) >= 11 is 0. The van der Waals surface area contributed by atoms with Crippen LogP contribution in [0.2, 0.25) is 0 Å². The largest absolute Gasteiger partial charge is 0.464 e. The molecule has 0 radical (unpaired) electrons. The molecule has 1 fully saturated rings. The molecule has 2 heterocycles. The van der Waals surface area contributed by atoms with Crippen LogP contribution in [0, 0.1) is 0 Å². The van der Waals surface area contributed by atoms with Crippen molar-refractivity contribution in [3.8, 4) is 6.01 Å². The molecule has 0 saturated carbocycles. The molecule has 1 unspecified atom stereocenters. The Morgan fingerprint density at radius 3 is 3.00 bits per heavy atom. The van der Waals surface area contributed by atoms with E-state index in [-0.39, 0.29) is 0 Å². The smallest absolute Gasteiger partial charge is 0.318 e. The van der Waals surface area contributed by atoms with E-state index in [0.29, 0.717) is 18.7 Å². The molecule has 1 atom stereocenters. The molecule has 1 N–H and O–H groups in total. The predicted molar refractivity (Wildman–Crippen MR) is 80.4 cm³/mol. The third kappa shape index (κ3) is 2.41. The summed E-state index contributed by atoms with van der Waals surface area (Å²) in [5.41, 5.74) is 0.937. The van der Waals surface area contributed by atoms with Crippen LogP contribution in [0.4, 0.5) is 5.82 Å². The molecular formula is C15H20N4O. The average Bonchev–Trinajstić information content (AvgIpc) is 2.47. The lowest BCUT2D eigenvalue weighted by Crippen LogP contribution is -2.50. The maximum Gasteiger partial charge on any atom is 0.318 e. The Kier molecular flexibility index (Phi) is 3.69. The highest BCUT2D eigenvalue weighted by atomic mass is 16.5. The first-order valence-electron chi connectivity index (χ1n) is 7.16. The summed E-state index contributed by atoms with van der Waals surface area (Å²) in [6, 6.07) is 8.99. The first kappa shape index (κ1) is 13.1. The van der Waals surface area contributed by atoms with E-state index < -0.39 is 0 Å². The lowest BCUT2D eigenvalue weighted by Gasteiger charge is -2.35. The van der Waals surface area contributed by atoms with Crippen LogP contribution >= 0.6 is 0 Å². The van der Waals surface area contributed by atoms with E-state index >= 15 is 0 Å². The van der Waals surface area contributed by atoms with E-state index in [4.69, 9.17) is 4.74 Å². The molecule has 1 aliphatic rings. The molecule has 3 rings (SSSR count). The molecule has 106 valence electrons. The Morgan fingerprint density at radius 1 is 1.35 bits per heavy atom. The maximum absolute atomic E-state index is 5.52. The Balaban J connectivity index is 2.11. The minimum absolute atomic E-state index is 0.413. The molecule has 5 heteroatoms. The summed E-state index contributed by atoms with van der Waals surface area (Å²) in [4.78, 5) is 11.4. The SMILES string of the molecule is CCOc1nc(N2CCNCC2C)c2ccccc2n1. The summed E-state index contributed by atoms with van der Waals surface area (Å²) in [5, 5.41) is 4.49. The predicted octanol–water partition coefficient (Wildman–Crippen LogP) is 1.83. The van der Waals surface area contributed by atoms with E-state index in [9.17, 15) is 0 Å². The molecule has 0 bridgehead atoms. The van der Waals surface area contributed by atoms with Crippen LogP contribution in [0.1, 0.15) is 13.8 Å². The van der Waals surface area contributed by atoms with Crippen molar-refractivity contribution in [3.63, 3.8) is 0 Å².